The molecule has 0 saturated carbocycles. The Hall–Kier alpha value is -4.12. The lowest BCUT2D eigenvalue weighted by Gasteiger charge is -2.41. The van der Waals surface area contributed by atoms with Gasteiger partial charge in [-0.3, -0.25) is 24.0 Å². The van der Waals surface area contributed by atoms with Gasteiger partial charge in [0.1, 0.15) is 17.6 Å². The largest absolute Gasteiger partial charge is 0.480 e. The third kappa shape index (κ3) is 16.6. The van der Waals surface area contributed by atoms with Crippen LogP contribution in [0, 0.1) is 17.8 Å². The third-order valence-electron chi connectivity index (χ3n) is 13.3. The highest BCUT2D eigenvalue weighted by atomic mass is 16.5. The van der Waals surface area contributed by atoms with Gasteiger partial charge in [-0.15, -0.1) is 0 Å². The van der Waals surface area contributed by atoms with Crippen molar-refractivity contribution in [2.24, 2.45) is 23.5 Å². The van der Waals surface area contributed by atoms with E-state index in [1.807, 2.05) is 73.6 Å². The van der Waals surface area contributed by atoms with Gasteiger partial charge in [-0.25, -0.2) is 4.79 Å². The molecule has 5 N–H and O–H groups in total. The fourth-order valence-corrected chi connectivity index (χ4v) is 8.41. The van der Waals surface area contributed by atoms with Gasteiger partial charge in [0.15, 0.2) is 0 Å². The van der Waals surface area contributed by atoms with Crippen LogP contribution in [-0.4, -0.2) is 150 Å². The molecule has 16 heteroatoms. The first-order valence-corrected chi connectivity index (χ1v) is 23.3. The zero-order valence-corrected chi connectivity index (χ0v) is 42.2. The van der Waals surface area contributed by atoms with Crippen molar-refractivity contribution in [2.75, 3.05) is 41.5 Å². The van der Waals surface area contributed by atoms with Crippen molar-refractivity contribution in [1.82, 2.24) is 25.3 Å². The molecule has 65 heavy (non-hydrogen) atoms. The number of amides is 5. The fourth-order valence-electron chi connectivity index (χ4n) is 8.41. The number of carboxylic acid groups (broad SMARTS) is 1. The average Bonchev–Trinajstić information content (AvgIpc) is 3.72. The zero-order valence-electron chi connectivity index (χ0n) is 42.2. The van der Waals surface area contributed by atoms with Crippen molar-refractivity contribution >= 4 is 35.5 Å². The van der Waals surface area contributed by atoms with E-state index in [2.05, 4.69) is 10.6 Å². The standard InChI is InChI=1S/C49H84N6O10/c1-16-32(4)41(53(12)44(59)40(31(2)3)52-46(62)49(10,11)54(13)38(56)24-25-48(8,9)65-28-26-47(6,7)50)37(63-14)30-39(57)55-27-20-23-36(55)42(64-15)33(5)43(58)51-35(45(60)61)29-34-21-18-17-19-22-34/h17-19,21-22,31-33,35-37,40-42H,16,20,23-30,50H2,1-15H3,(H,51,58)(H,52,62)(H,60,61). The number of hydrogen-bond acceptors (Lipinski definition) is 10. The van der Waals surface area contributed by atoms with Gasteiger partial charge in [-0.1, -0.05) is 71.4 Å². The number of methoxy groups -OCH3 is 2. The Morgan fingerprint density at radius 2 is 1.54 bits per heavy atom. The number of rotatable bonds is 27. The number of aliphatic carboxylic acids is 1. The van der Waals surface area contributed by atoms with Gasteiger partial charge in [-0.2, -0.15) is 0 Å². The number of carbonyl (C=O) groups excluding carboxylic acids is 5. The van der Waals surface area contributed by atoms with Gasteiger partial charge in [-0.05, 0) is 84.6 Å². The van der Waals surface area contributed by atoms with Crippen LogP contribution in [0.25, 0.3) is 0 Å². The molecule has 8 unspecified atom stereocenters. The van der Waals surface area contributed by atoms with Crippen LogP contribution in [0.1, 0.15) is 127 Å². The lowest BCUT2D eigenvalue weighted by Crippen LogP contribution is -2.62. The van der Waals surface area contributed by atoms with Crippen molar-refractivity contribution in [3.05, 3.63) is 35.9 Å². The maximum absolute atomic E-state index is 14.5. The molecule has 0 spiro atoms. The second-order valence-corrected chi connectivity index (χ2v) is 20.2. The van der Waals surface area contributed by atoms with E-state index in [9.17, 15) is 33.9 Å². The zero-order chi connectivity index (χ0) is 49.6. The average molecular weight is 917 g/mol. The molecular weight excluding hydrogens is 833 g/mol. The molecule has 1 aliphatic heterocycles. The van der Waals surface area contributed by atoms with E-state index >= 15 is 0 Å². The summed E-state index contributed by atoms with van der Waals surface area (Å²) in [7, 11) is 6.24. The molecule has 0 radical (unpaired) electrons. The van der Waals surface area contributed by atoms with E-state index in [4.69, 9.17) is 19.9 Å². The van der Waals surface area contributed by atoms with Crippen molar-refractivity contribution < 1.29 is 48.1 Å². The molecule has 1 saturated heterocycles. The summed E-state index contributed by atoms with van der Waals surface area (Å²) in [5.41, 5.74) is 4.61. The minimum absolute atomic E-state index is 0.0692. The lowest BCUT2D eigenvalue weighted by molar-refractivity contribution is -0.150. The second kappa shape index (κ2) is 25.1. The number of nitrogens with two attached hydrogens (primary N) is 1. The van der Waals surface area contributed by atoms with E-state index in [1.165, 1.54) is 19.1 Å². The van der Waals surface area contributed by atoms with Gasteiger partial charge in [0.05, 0.1) is 42.2 Å². The van der Waals surface area contributed by atoms with Gasteiger partial charge in [0, 0.05) is 59.8 Å². The highest BCUT2D eigenvalue weighted by molar-refractivity contribution is 5.94. The van der Waals surface area contributed by atoms with Crippen LogP contribution in [0.15, 0.2) is 30.3 Å². The number of ether oxygens (including phenoxy) is 3. The van der Waals surface area contributed by atoms with Crippen LogP contribution < -0.4 is 16.4 Å². The lowest BCUT2D eigenvalue weighted by atomic mass is 9.89. The molecule has 1 aromatic carbocycles. The van der Waals surface area contributed by atoms with Gasteiger partial charge in [0.2, 0.25) is 29.5 Å². The monoisotopic (exact) mass is 917 g/mol. The second-order valence-electron chi connectivity index (χ2n) is 20.2. The number of hydrogen-bond donors (Lipinski definition) is 4. The molecule has 1 aliphatic rings. The Morgan fingerprint density at radius 3 is 2.06 bits per heavy atom. The molecule has 8 atom stereocenters. The van der Waals surface area contributed by atoms with Crippen molar-refractivity contribution in [1.29, 1.82) is 0 Å². The first-order valence-electron chi connectivity index (χ1n) is 23.3. The number of nitrogens with one attached hydrogen (secondary N) is 2. The Kier molecular flexibility index (Phi) is 22.0. The molecular formula is C49H84N6O10. The quantitative estimate of drug-likeness (QED) is 0.0943. The molecule has 1 heterocycles. The van der Waals surface area contributed by atoms with Gasteiger partial charge < -0.3 is 50.4 Å². The van der Waals surface area contributed by atoms with E-state index in [-0.39, 0.29) is 54.4 Å². The summed E-state index contributed by atoms with van der Waals surface area (Å²) in [6.07, 6.45) is 1.74. The molecule has 0 aromatic heterocycles. The molecule has 5 amide bonds. The topological polar surface area (TPSA) is 210 Å². The van der Waals surface area contributed by atoms with Crippen molar-refractivity contribution in [2.45, 2.75) is 181 Å². The molecule has 0 bridgehead atoms. The fraction of sp³-hybridized carbons (Fsp3) is 0.755. The summed E-state index contributed by atoms with van der Waals surface area (Å²) in [5.74, 6) is -4.21. The van der Waals surface area contributed by atoms with Crippen LogP contribution in [0.3, 0.4) is 0 Å². The van der Waals surface area contributed by atoms with Crippen LogP contribution in [0.5, 0.6) is 0 Å². The van der Waals surface area contributed by atoms with Crippen LogP contribution in [-0.2, 0) is 49.4 Å². The molecule has 370 valence electrons. The normalized spacial score (nSPS) is 17.9. The van der Waals surface area contributed by atoms with Crippen LogP contribution in [0.2, 0.25) is 0 Å². The number of nitrogens with zero attached hydrogens (tertiary/aromatic N) is 3. The number of likely N-dealkylation sites (tertiary alicyclic amines) is 1. The van der Waals surface area contributed by atoms with E-state index in [0.717, 1.165) is 5.56 Å². The molecule has 2 rings (SSSR count). The Morgan fingerprint density at radius 1 is 0.923 bits per heavy atom. The number of carbonyl (C=O) groups is 6. The van der Waals surface area contributed by atoms with E-state index in [0.29, 0.717) is 45.3 Å². The SMILES string of the molecule is CCC(C)C(C(CC(=O)N1CCCC1C(OC)C(C)C(=O)NC(Cc1ccccc1)C(=O)O)OC)N(C)C(=O)C(NC(=O)C(C)(C)N(C)C(=O)CCC(C)(C)OCCC(C)(C)N)C(C)C. The molecule has 0 aliphatic carbocycles. The van der Waals surface area contributed by atoms with Gasteiger partial charge >= 0.3 is 5.97 Å². The number of likely N-dealkylation sites (N-methyl/N-ethyl adjacent to an activating group) is 2. The Balaban J connectivity index is 2.23. The third-order valence-corrected chi connectivity index (χ3v) is 13.3. The van der Waals surface area contributed by atoms with Crippen LogP contribution >= 0.6 is 0 Å². The maximum atomic E-state index is 14.5. The minimum atomic E-state index is -1.31. The van der Waals surface area contributed by atoms with E-state index in [1.54, 1.807) is 56.8 Å². The predicted octanol–water partition coefficient (Wildman–Crippen LogP) is 4.80. The minimum Gasteiger partial charge on any atom is -0.480 e. The van der Waals surface area contributed by atoms with Crippen molar-refractivity contribution in [3.63, 3.8) is 0 Å². The van der Waals surface area contributed by atoms with Gasteiger partial charge in [0.25, 0.3) is 0 Å². The highest BCUT2D eigenvalue weighted by Gasteiger charge is 2.44. The van der Waals surface area contributed by atoms with Crippen molar-refractivity contribution in [3.8, 4) is 0 Å². The first-order chi connectivity index (χ1) is 30.1. The Labute approximate surface area is 389 Å². The summed E-state index contributed by atoms with van der Waals surface area (Å²) < 4.78 is 18.0. The Bertz CT molecular complexity index is 1720. The summed E-state index contributed by atoms with van der Waals surface area (Å²) in [4.78, 5) is 86.8. The van der Waals surface area contributed by atoms with E-state index < -0.39 is 71.2 Å². The number of benzene rings is 1. The summed E-state index contributed by atoms with van der Waals surface area (Å²) in [6, 6.07) is 5.91. The predicted molar refractivity (Wildman–Crippen MR) is 252 cm³/mol. The summed E-state index contributed by atoms with van der Waals surface area (Å²) in [6.45, 7) is 21.2. The number of carboxylic acids is 1. The maximum Gasteiger partial charge on any atom is 0.326 e. The highest BCUT2D eigenvalue weighted by Crippen LogP contribution is 2.30. The summed E-state index contributed by atoms with van der Waals surface area (Å²) >= 11 is 0. The first kappa shape index (κ1) is 57.0. The van der Waals surface area contributed by atoms with Crippen LogP contribution in [0.4, 0.5) is 0 Å². The molecule has 1 aromatic rings. The smallest absolute Gasteiger partial charge is 0.326 e. The molecule has 1 fully saturated rings. The summed E-state index contributed by atoms with van der Waals surface area (Å²) in [5, 5.41) is 15.6. The molecule has 16 nitrogen and oxygen atoms in total.